The van der Waals surface area contributed by atoms with Gasteiger partial charge in [0.15, 0.2) is 0 Å². The summed E-state index contributed by atoms with van der Waals surface area (Å²) in [5.41, 5.74) is 0.447. The fourth-order valence-electron chi connectivity index (χ4n) is 3.24. The molecule has 1 aromatic rings. The third-order valence-electron chi connectivity index (χ3n) is 4.54. The van der Waals surface area contributed by atoms with Crippen molar-refractivity contribution in [1.29, 1.82) is 0 Å². The third-order valence-corrected chi connectivity index (χ3v) is 4.54. The molecular formula is C17H24N4O2. The topological polar surface area (TPSA) is 78.1 Å². The molecule has 1 saturated heterocycles. The molecule has 1 fully saturated rings. The average molecular weight is 316 g/mol. The standard InChI is InChI=1S/C17H24N4O2/c1-12(18-15(22)10-13-6-2-3-7-13)14-11-16(23)20-17(19-14)21-8-4-5-9-21/h2,6,11-13H,3-5,7-10H2,1H3,(H,18,22)(H,19,20,23)/t12-,13-/m1/s1. The van der Waals surface area contributed by atoms with E-state index in [-0.39, 0.29) is 17.5 Å². The maximum absolute atomic E-state index is 12.1. The van der Waals surface area contributed by atoms with Gasteiger partial charge in [0.1, 0.15) is 0 Å². The number of carbonyl (C=O) groups excluding carboxylic acids is 1. The van der Waals surface area contributed by atoms with E-state index in [4.69, 9.17) is 0 Å². The Morgan fingerprint density at radius 3 is 2.96 bits per heavy atom. The molecule has 1 amide bonds. The summed E-state index contributed by atoms with van der Waals surface area (Å²) in [6.45, 7) is 3.71. The lowest BCUT2D eigenvalue weighted by Gasteiger charge is -2.19. The Labute approximate surface area is 136 Å². The number of amides is 1. The summed E-state index contributed by atoms with van der Waals surface area (Å²) in [7, 11) is 0. The van der Waals surface area contributed by atoms with Crippen LogP contribution in [-0.2, 0) is 4.79 Å². The predicted octanol–water partition coefficient (Wildman–Crippen LogP) is 1.90. The number of rotatable bonds is 5. The number of nitrogens with zero attached hydrogens (tertiary/aromatic N) is 2. The van der Waals surface area contributed by atoms with Gasteiger partial charge in [0.25, 0.3) is 5.56 Å². The molecule has 2 aliphatic rings. The molecule has 6 nitrogen and oxygen atoms in total. The molecule has 3 rings (SSSR count). The van der Waals surface area contributed by atoms with Crippen molar-refractivity contribution in [2.75, 3.05) is 18.0 Å². The fraction of sp³-hybridized carbons (Fsp3) is 0.588. The molecule has 0 unspecified atom stereocenters. The number of hydrogen-bond donors (Lipinski definition) is 2. The molecule has 1 aliphatic carbocycles. The van der Waals surface area contributed by atoms with Crippen molar-refractivity contribution in [2.45, 2.75) is 45.1 Å². The van der Waals surface area contributed by atoms with Crippen LogP contribution in [0.4, 0.5) is 5.95 Å². The molecular weight excluding hydrogens is 292 g/mol. The molecule has 124 valence electrons. The van der Waals surface area contributed by atoms with E-state index in [1.54, 1.807) is 0 Å². The molecule has 0 radical (unpaired) electrons. The van der Waals surface area contributed by atoms with E-state index in [9.17, 15) is 9.59 Å². The lowest BCUT2D eigenvalue weighted by Crippen LogP contribution is -2.31. The summed E-state index contributed by atoms with van der Waals surface area (Å²) in [6.07, 6.45) is 9.09. The van der Waals surface area contributed by atoms with Crippen molar-refractivity contribution in [1.82, 2.24) is 15.3 Å². The highest BCUT2D eigenvalue weighted by Gasteiger charge is 2.19. The molecule has 0 aromatic carbocycles. The van der Waals surface area contributed by atoms with Crippen LogP contribution >= 0.6 is 0 Å². The predicted molar refractivity (Wildman–Crippen MR) is 89.3 cm³/mol. The van der Waals surface area contributed by atoms with Gasteiger partial charge >= 0.3 is 0 Å². The van der Waals surface area contributed by atoms with Gasteiger partial charge in [0, 0.05) is 25.6 Å². The van der Waals surface area contributed by atoms with Crippen molar-refractivity contribution in [2.24, 2.45) is 5.92 Å². The van der Waals surface area contributed by atoms with Crippen LogP contribution in [0.1, 0.15) is 50.8 Å². The van der Waals surface area contributed by atoms with Gasteiger partial charge in [-0.15, -0.1) is 0 Å². The number of nitrogens with one attached hydrogen (secondary N) is 2. The number of carbonyl (C=O) groups is 1. The van der Waals surface area contributed by atoms with Crippen molar-refractivity contribution in [3.63, 3.8) is 0 Å². The van der Waals surface area contributed by atoms with Crippen LogP contribution in [0, 0.1) is 5.92 Å². The van der Waals surface area contributed by atoms with Gasteiger partial charge in [-0.2, -0.15) is 0 Å². The van der Waals surface area contributed by atoms with E-state index < -0.39 is 0 Å². The molecule has 6 heteroatoms. The first-order chi connectivity index (χ1) is 11.1. The normalized spacial score (nSPS) is 21.6. The minimum Gasteiger partial charge on any atom is -0.348 e. The average Bonchev–Trinajstić information content (AvgIpc) is 3.19. The molecule has 0 saturated carbocycles. The Balaban J connectivity index is 1.66. The molecule has 2 N–H and O–H groups in total. The largest absolute Gasteiger partial charge is 0.348 e. The van der Waals surface area contributed by atoms with Crippen LogP contribution in [0.3, 0.4) is 0 Å². The first kappa shape index (κ1) is 15.8. The number of allylic oxidation sites excluding steroid dienone is 2. The third kappa shape index (κ3) is 4.00. The molecule has 1 aliphatic heterocycles. The maximum atomic E-state index is 12.1. The monoisotopic (exact) mass is 316 g/mol. The van der Waals surface area contributed by atoms with Crippen LogP contribution < -0.4 is 15.8 Å². The van der Waals surface area contributed by atoms with Crippen molar-refractivity contribution >= 4 is 11.9 Å². The summed E-state index contributed by atoms with van der Waals surface area (Å²) in [5, 5.41) is 2.96. The Bertz CT molecular complexity index is 646. The van der Waals surface area contributed by atoms with E-state index in [1.807, 2.05) is 6.92 Å². The number of hydrogen-bond acceptors (Lipinski definition) is 4. The highest BCUT2D eigenvalue weighted by molar-refractivity contribution is 5.76. The smallest absolute Gasteiger partial charge is 0.252 e. The number of aromatic nitrogens is 2. The lowest BCUT2D eigenvalue weighted by atomic mass is 10.0. The van der Waals surface area contributed by atoms with Gasteiger partial charge in [0.05, 0.1) is 11.7 Å². The summed E-state index contributed by atoms with van der Waals surface area (Å²) >= 11 is 0. The molecule has 0 spiro atoms. The van der Waals surface area contributed by atoms with Crippen LogP contribution in [0.5, 0.6) is 0 Å². The first-order valence-electron chi connectivity index (χ1n) is 8.44. The SMILES string of the molecule is C[C@@H](NC(=O)C[C@@H]1C=CCC1)c1cc(=O)[nH]c(N2CCCC2)n1. The van der Waals surface area contributed by atoms with Gasteiger partial charge in [-0.1, -0.05) is 12.2 Å². The Morgan fingerprint density at radius 1 is 1.48 bits per heavy atom. The second-order valence-electron chi connectivity index (χ2n) is 6.45. The van der Waals surface area contributed by atoms with Crippen LogP contribution in [0.25, 0.3) is 0 Å². The van der Waals surface area contributed by atoms with Crippen LogP contribution in [0.15, 0.2) is 23.0 Å². The van der Waals surface area contributed by atoms with Crippen molar-refractivity contribution in [3.05, 3.63) is 34.3 Å². The number of aromatic amines is 1. The molecule has 2 heterocycles. The van der Waals surface area contributed by atoms with E-state index in [2.05, 4.69) is 32.3 Å². The quantitative estimate of drug-likeness (QED) is 0.813. The first-order valence-corrected chi connectivity index (χ1v) is 8.44. The molecule has 1 aromatic heterocycles. The number of H-pyrrole nitrogens is 1. The zero-order valence-corrected chi connectivity index (χ0v) is 13.5. The Morgan fingerprint density at radius 2 is 2.26 bits per heavy atom. The highest BCUT2D eigenvalue weighted by atomic mass is 16.1. The van der Waals surface area contributed by atoms with Gasteiger partial charge in [-0.3, -0.25) is 14.6 Å². The second-order valence-corrected chi connectivity index (χ2v) is 6.45. The van der Waals surface area contributed by atoms with Crippen LogP contribution in [0.2, 0.25) is 0 Å². The Hall–Kier alpha value is -2.11. The zero-order chi connectivity index (χ0) is 16.2. The molecule has 0 bridgehead atoms. The van der Waals surface area contributed by atoms with Gasteiger partial charge in [0.2, 0.25) is 11.9 Å². The maximum Gasteiger partial charge on any atom is 0.252 e. The highest BCUT2D eigenvalue weighted by Crippen LogP contribution is 2.21. The van der Waals surface area contributed by atoms with Crippen molar-refractivity contribution in [3.8, 4) is 0 Å². The number of anilines is 1. The minimum absolute atomic E-state index is 0.0128. The summed E-state index contributed by atoms with van der Waals surface area (Å²) in [6, 6.07) is 1.21. The fourth-order valence-corrected chi connectivity index (χ4v) is 3.24. The van der Waals surface area contributed by atoms with E-state index in [1.165, 1.54) is 6.07 Å². The summed E-state index contributed by atoms with van der Waals surface area (Å²) in [4.78, 5) is 33.5. The molecule has 23 heavy (non-hydrogen) atoms. The van der Waals surface area contributed by atoms with Crippen molar-refractivity contribution < 1.29 is 4.79 Å². The van der Waals surface area contributed by atoms with E-state index >= 15 is 0 Å². The second kappa shape index (κ2) is 6.98. The minimum atomic E-state index is -0.267. The van der Waals surface area contributed by atoms with Crippen LogP contribution in [-0.4, -0.2) is 29.0 Å². The summed E-state index contributed by atoms with van der Waals surface area (Å²) < 4.78 is 0. The van der Waals surface area contributed by atoms with Gasteiger partial charge in [-0.25, -0.2) is 4.98 Å². The Kier molecular flexibility index (Phi) is 4.79. The van der Waals surface area contributed by atoms with E-state index in [0.717, 1.165) is 38.8 Å². The lowest BCUT2D eigenvalue weighted by molar-refractivity contribution is -0.122. The zero-order valence-electron chi connectivity index (χ0n) is 13.5. The van der Waals surface area contributed by atoms with Gasteiger partial charge in [-0.05, 0) is 38.5 Å². The van der Waals surface area contributed by atoms with Gasteiger partial charge < -0.3 is 10.2 Å². The molecule has 2 atom stereocenters. The van der Waals surface area contributed by atoms with E-state index in [0.29, 0.717) is 24.0 Å². The summed E-state index contributed by atoms with van der Waals surface area (Å²) in [5.74, 6) is 0.971.